The predicted molar refractivity (Wildman–Crippen MR) is 117 cm³/mol. The van der Waals surface area contributed by atoms with Crippen LogP contribution >= 0.6 is 27.5 Å². The zero-order valence-corrected chi connectivity index (χ0v) is 18.8. The highest BCUT2D eigenvalue weighted by molar-refractivity contribution is 9.10. The average molecular weight is 466 g/mol. The number of carbonyl (C=O) groups excluding carboxylic acids is 2. The van der Waals surface area contributed by atoms with Crippen LogP contribution in [0.15, 0.2) is 53.0 Å². The Kier molecular flexibility index (Phi) is 8.52. The zero-order valence-electron chi connectivity index (χ0n) is 16.4. The maximum absolute atomic E-state index is 13.1. The molecule has 6 heteroatoms. The fraction of sp³-hybridized carbons (Fsp3) is 0.364. The third-order valence-corrected chi connectivity index (χ3v) is 5.38. The second-order valence-electron chi connectivity index (χ2n) is 6.95. The van der Waals surface area contributed by atoms with E-state index < -0.39 is 6.04 Å². The standard InChI is InChI=1S/C22H26BrClN2O2/c1-4-15(2)25-22(28)16(3)26(14-18-8-5-9-19(23)11-18)21(27)13-17-7-6-10-20(24)12-17/h5-12,15-16H,4,13-14H2,1-3H3,(H,25,28)/t15-,16+/m0/s1. The van der Waals surface area contributed by atoms with E-state index in [-0.39, 0.29) is 24.3 Å². The minimum atomic E-state index is -0.584. The van der Waals surface area contributed by atoms with E-state index in [1.54, 1.807) is 24.0 Å². The summed E-state index contributed by atoms with van der Waals surface area (Å²) in [7, 11) is 0. The van der Waals surface area contributed by atoms with E-state index in [4.69, 9.17) is 11.6 Å². The summed E-state index contributed by atoms with van der Waals surface area (Å²) in [5.74, 6) is -0.266. The van der Waals surface area contributed by atoms with Gasteiger partial charge in [0.25, 0.3) is 0 Å². The highest BCUT2D eigenvalue weighted by atomic mass is 79.9. The lowest BCUT2D eigenvalue weighted by molar-refractivity contribution is -0.140. The van der Waals surface area contributed by atoms with Crippen molar-refractivity contribution >= 4 is 39.3 Å². The van der Waals surface area contributed by atoms with Gasteiger partial charge in [-0.25, -0.2) is 0 Å². The molecule has 0 aromatic heterocycles. The van der Waals surface area contributed by atoms with Crippen LogP contribution in [0.5, 0.6) is 0 Å². The van der Waals surface area contributed by atoms with Crippen molar-refractivity contribution in [3.05, 3.63) is 69.2 Å². The third-order valence-electron chi connectivity index (χ3n) is 4.65. The molecule has 2 amide bonds. The normalized spacial score (nSPS) is 12.9. The van der Waals surface area contributed by atoms with Gasteiger partial charge in [-0.15, -0.1) is 0 Å². The van der Waals surface area contributed by atoms with Crippen molar-refractivity contribution in [2.75, 3.05) is 0 Å². The Hall–Kier alpha value is -1.85. The second-order valence-corrected chi connectivity index (χ2v) is 8.30. The molecule has 0 aliphatic heterocycles. The summed E-state index contributed by atoms with van der Waals surface area (Å²) in [6, 6.07) is 14.5. The van der Waals surface area contributed by atoms with Gasteiger partial charge in [0.2, 0.25) is 11.8 Å². The minimum Gasteiger partial charge on any atom is -0.352 e. The van der Waals surface area contributed by atoms with Gasteiger partial charge in [-0.2, -0.15) is 0 Å². The van der Waals surface area contributed by atoms with Crippen molar-refractivity contribution in [1.29, 1.82) is 0 Å². The summed E-state index contributed by atoms with van der Waals surface area (Å²) < 4.78 is 0.934. The van der Waals surface area contributed by atoms with Crippen LogP contribution in [0.1, 0.15) is 38.3 Å². The molecule has 2 rings (SSSR count). The number of halogens is 2. The first-order chi connectivity index (χ1) is 13.3. The Bertz CT molecular complexity index is 828. The van der Waals surface area contributed by atoms with Gasteiger partial charge in [0.15, 0.2) is 0 Å². The highest BCUT2D eigenvalue weighted by Gasteiger charge is 2.26. The summed E-state index contributed by atoms with van der Waals surface area (Å²) in [6.45, 7) is 6.09. The van der Waals surface area contributed by atoms with Crippen molar-refractivity contribution in [2.45, 2.75) is 52.2 Å². The fourth-order valence-electron chi connectivity index (χ4n) is 2.80. The van der Waals surface area contributed by atoms with Crippen LogP contribution in [0, 0.1) is 0 Å². The molecule has 0 saturated heterocycles. The summed E-state index contributed by atoms with van der Waals surface area (Å²) >= 11 is 9.51. The van der Waals surface area contributed by atoms with E-state index in [1.807, 2.05) is 50.2 Å². The molecule has 0 aliphatic carbocycles. The third kappa shape index (κ3) is 6.64. The highest BCUT2D eigenvalue weighted by Crippen LogP contribution is 2.18. The van der Waals surface area contributed by atoms with Crippen molar-refractivity contribution in [3.8, 4) is 0 Å². The van der Waals surface area contributed by atoms with Gasteiger partial charge in [-0.1, -0.05) is 58.7 Å². The Labute approximate surface area is 180 Å². The lowest BCUT2D eigenvalue weighted by Gasteiger charge is -2.30. The molecular formula is C22H26BrClN2O2. The lowest BCUT2D eigenvalue weighted by atomic mass is 10.1. The van der Waals surface area contributed by atoms with Crippen molar-refractivity contribution in [2.24, 2.45) is 0 Å². The molecule has 2 atom stereocenters. The number of carbonyl (C=O) groups is 2. The fourth-order valence-corrected chi connectivity index (χ4v) is 3.46. The number of benzene rings is 2. The zero-order chi connectivity index (χ0) is 20.7. The van der Waals surface area contributed by atoms with Crippen LogP contribution < -0.4 is 5.32 Å². The molecule has 150 valence electrons. The molecule has 0 radical (unpaired) electrons. The smallest absolute Gasteiger partial charge is 0.242 e. The molecule has 1 N–H and O–H groups in total. The van der Waals surface area contributed by atoms with Gasteiger partial charge >= 0.3 is 0 Å². The number of rotatable bonds is 8. The van der Waals surface area contributed by atoms with E-state index in [2.05, 4.69) is 21.2 Å². The summed E-state index contributed by atoms with van der Waals surface area (Å²) in [5, 5.41) is 3.56. The van der Waals surface area contributed by atoms with Crippen LogP contribution in [0.2, 0.25) is 5.02 Å². The van der Waals surface area contributed by atoms with Crippen LogP contribution in [0.4, 0.5) is 0 Å². The molecule has 4 nitrogen and oxygen atoms in total. The Morgan fingerprint density at radius 2 is 1.79 bits per heavy atom. The van der Waals surface area contributed by atoms with Gasteiger partial charge in [0.1, 0.15) is 6.04 Å². The van der Waals surface area contributed by atoms with E-state index in [1.165, 1.54) is 0 Å². The van der Waals surface area contributed by atoms with Crippen LogP contribution in [-0.2, 0) is 22.6 Å². The first kappa shape index (κ1) is 22.4. The van der Waals surface area contributed by atoms with Crippen LogP contribution in [0.25, 0.3) is 0 Å². The number of nitrogens with one attached hydrogen (secondary N) is 1. The minimum absolute atomic E-state index is 0.0608. The number of nitrogens with zero attached hydrogens (tertiary/aromatic N) is 1. The molecule has 2 aromatic rings. The van der Waals surface area contributed by atoms with Gasteiger partial charge in [-0.3, -0.25) is 9.59 Å². The maximum Gasteiger partial charge on any atom is 0.242 e. The predicted octanol–water partition coefficient (Wildman–Crippen LogP) is 4.98. The Morgan fingerprint density at radius 1 is 1.11 bits per heavy atom. The molecule has 0 spiro atoms. The first-order valence-corrected chi connectivity index (χ1v) is 10.6. The SMILES string of the molecule is CC[C@H](C)NC(=O)[C@@H](C)N(Cc1cccc(Br)c1)C(=O)Cc1cccc(Cl)c1. The van der Waals surface area contributed by atoms with E-state index in [0.29, 0.717) is 11.6 Å². The van der Waals surface area contributed by atoms with Gasteiger partial charge in [0, 0.05) is 22.1 Å². The molecular weight excluding hydrogens is 440 g/mol. The maximum atomic E-state index is 13.1. The monoisotopic (exact) mass is 464 g/mol. The topological polar surface area (TPSA) is 49.4 Å². The van der Waals surface area contributed by atoms with Gasteiger partial charge in [0.05, 0.1) is 6.42 Å². The number of hydrogen-bond acceptors (Lipinski definition) is 2. The first-order valence-electron chi connectivity index (χ1n) is 9.39. The molecule has 28 heavy (non-hydrogen) atoms. The van der Waals surface area contributed by atoms with Crippen molar-refractivity contribution in [3.63, 3.8) is 0 Å². The molecule has 0 saturated carbocycles. The van der Waals surface area contributed by atoms with Crippen LogP contribution in [-0.4, -0.2) is 28.8 Å². The van der Waals surface area contributed by atoms with E-state index in [0.717, 1.165) is 22.0 Å². The molecule has 0 fully saturated rings. The van der Waals surface area contributed by atoms with Gasteiger partial charge in [-0.05, 0) is 55.7 Å². The average Bonchev–Trinajstić information content (AvgIpc) is 2.65. The Balaban J connectivity index is 2.23. The lowest BCUT2D eigenvalue weighted by Crippen LogP contribution is -2.49. The largest absolute Gasteiger partial charge is 0.352 e. The van der Waals surface area contributed by atoms with E-state index in [9.17, 15) is 9.59 Å². The number of hydrogen-bond donors (Lipinski definition) is 1. The van der Waals surface area contributed by atoms with Gasteiger partial charge < -0.3 is 10.2 Å². The summed E-state index contributed by atoms with van der Waals surface area (Å²) in [4.78, 5) is 27.4. The summed E-state index contributed by atoms with van der Waals surface area (Å²) in [5.41, 5.74) is 1.78. The second kappa shape index (κ2) is 10.6. The molecule has 2 aromatic carbocycles. The number of amides is 2. The summed E-state index contributed by atoms with van der Waals surface area (Å²) in [6.07, 6.45) is 1.02. The molecule has 0 unspecified atom stereocenters. The Morgan fingerprint density at radius 3 is 2.43 bits per heavy atom. The molecule has 0 bridgehead atoms. The van der Waals surface area contributed by atoms with E-state index >= 15 is 0 Å². The van der Waals surface area contributed by atoms with Crippen molar-refractivity contribution in [1.82, 2.24) is 10.2 Å². The molecule has 0 aliphatic rings. The quantitative estimate of drug-likeness (QED) is 0.598. The van der Waals surface area contributed by atoms with Crippen LogP contribution in [0.3, 0.4) is 0 Å². The molecule has 0 heterocycles. The van der Waals surface area contributed by atoms with Crippen molar-refractivity contribution < 1.29 is 9.59 Å².